The number of benzene rings is 1. The molecule has 1 aromatic carbocycles. The summed E-state index contributed by atoms with van der Waals surface area (Å²) in [4.78, 5) is 0. The van der Waals surface area contributed by atoms with Gasteiger partial charge < -0.3 is 0 Å². The molecule has 0 saturated heterocycles. The Hall–Kier alpha value is -1.51. The molecule has 0 fully saturated rings. The van der Waals surface area contributed by atoms with Crippen molar-refractivity contribution in [3.63, 3.8) is 0 Å². The molecule has 10 heteroatoms. The van der Waals surface area contributed by atoms with Gasteiger partial charge >= 0.3 is 6.18 Å². The Morgan fingerprint density at radius 2 is 1.83 bits per heavy atom. The van der Waals surface area contributed by atoms with Gasteiger partial charge in [-0.2, -0.15) is 13.2 Å². The highest BCUT2D eigenvalue weighted by Gasteiger charge is 2.32. The molecule has 0 amide bonds. The van der Waals surface area contributed by atoms with Gasteiger partial charge in [0.1, 0.15) is 5.82 Å². The topological polar surface area (TPSA) is 30.2 Å². The number of halogens is 6. The van der Waals surface area contributed by atoms with Crippen molar-refractivity contribution in [1.29, 1.82) is 0 Å². The van der Waals surface area contributed by atoms with E-state index < -0.39 is 17.6 Å². The van der Waals surface area contributed by atoms with E-state index in [-0.39, 0.29) is 26.6 Å². The molecule has 0 unspecified atom stereocenters. The molecule has 126 valence electrons. The SMILES string of the molecule is Fc1ccc(CSc2nnc3c(Cl)cc(C(F)(F)F)cn23)c(Cl)c1. The number of thioether (sulfide) groups is 1. The van der Waals surface area contributed by atoms with E-state index in [2.05, 4.69) is 10.2 Å². The Balaban J connectivity index is 1.93. The second-order valence-corrected chi connectivity index (χ2v) is 6.53. The van der Waals surface area contributed by atoms with E-state index in [1.54, 1.807) is 0 Å². The van der Waals surface area contributed by atoms with Crippen LogP contribution in [-0.2, 0) is 11.9 Å². The largest absolute Gasteiger partial charge is 0.417 e. The number of fused-ring (bicyclic) bond motifs is 1. The Labute approximate surface area is 147 Å². The fraction of sp³-hybridized carbons (Fsp3) is 0.143. The van der Waals surface area contributed by atoms with Crippen LogP contribution >= 0.6 is 35.0 Å². The van der Waals surface area contributed by atoms with Gasteiger partial charge in [0.25, 0.3) is 0 Å². The average Bonchev–Trinajstić information content (AvgIpc) is 2.89. The van der Waals surface area contributed by atoms with Gasteiger partial charge in [0.2, 0.25) is 0 Å². The zero-order chi connectivity index (χ0) is 17.5. The van der Waals surface area contributed by atoms with Crippen molar-refractivity contribution in [2.24, 2.45) is 0 Å². The van der Waals surface area contributed by atoms with E-state index in [0.717, 1.165) is 30.1 Å². The van der Waals surface area contributed by atoms with Crippen LogP contribution in [0.3, 0.4) is 0 Å². The first kappa shape index (κ1) is 17.3. The van der Waals surface area contributed by atoms with E-state index in [4.69, 9.17) is 23.2 Å². The molecular formula is C14H7Cl2F4N3S. The van der Waals surface area contributed by atoms with Crippen molar-refractivity contribution < 1.29 is 17.6 Å². The maximum absolute atomic E-state index is 13.0. The third kappa shape index (κ3) is 3.45. The maximum atomic E-state index is 13.0. The van der Waals surface area contributed by atoms with Gasteiger partial charge in [0.05, 0.1) is 10.6 Å². The minimum absolute atomic E-state index is 0.123. The van der Waals surface area contributed by atoms with Crippen LogP contribution < -0.4 is 0 Å². The average molecular weight is 396 g/mol. The molecule has 0 radical (unpaired) electrons. The molecule has 0 atom stereocenters. The van der Waals surface area contributed by atoms with Gasteiger partial charge in [-0.15, -0.1) is 10.2 Å². The molecule has 0 aliphatic carbocycles. The molecule has 0 bridgehead atoms. The van der Waals surface area contributed by atoms with E-state index in [1.807, 2.05) is 0 Å². The summed E-state index contributed by atoms with van der Waals surface area (Å²) in [7, 11) is 0. The number of aromatic nitrogens is 3. The lowest BCUT2D eigenvalue weighted by Crippen LogP contribution is -2.07. The highest BCUT2D eigenvalue weighted by atomic mass is 35.5. The summed E-state index contributed by atoms with van der Waals surface area (Å²) >= 11 is 12.9. The monoisotopic (exact) mass is 395 g/mol. The molecular weight excluding hydrogens is 389 g/mol. The fourth-order valence-corrected chi connectivity index (χ4v) is 3.44. The molecule has 0 N–H and O–H groups in total. The number of rotatable bonds is 3. The summed E-state index contributed by atoms with van der Waals surface area (Å²) in [5.41, 5.74) is -0.156. The Morgan fingerprint density at radius 3 is 2.50 bits per heavy atom. The van der Waals surface area contributed by atoms with Crippen molar-refractivity contribution in [2.45, 2.75) is 17.1 Å². The van der Waals surface area contributed by atoms with Crippen LogP contribution in [0.15, 0.2) is 35.6 Å². The first-order valence-corrected chi connectivity index (χ1v) is 8.18. The maximum Gasteiger partial charge on any atom is 0.417 e. The van der Waals surface area contributed by atoms with Crippen molar-refractivity contribution >= 4 is 40.6 Å². The molecule has 3 nitrogen and oxygen atoms in total. The highest BCUT2D eigenvalue weighted by molar-refractivity contribution is 7.98. The summed E-state index contributed by atoms with van der Waals surface area (Å²) in [5, 5.41) is 7.94. The first-order chi connectivity index (χ1) is 11.3. The van der Waals surface area contributed by atoms with Gasteiger partial charge in [-0.25, -0.2) is 4.39 Å². The van der Waals surface area contributed by atoms with E-state index in [0.29, 0.717) is 5.56 Å². The predicted molar refractivity (Wildman–Crippen MR) is 84.0 cm³/mol. The molecule has 24 heavy (non-hydrogen) atoms. The molecule has 0 aliphatic heterocycles. The molecule has 3 aromatic rings. The smallest absolute Gasteiger partial charge is 0.276 e. The van der Waals surface area contributed by atoms with Crippen molar-refractivity contribution in [2.75, 3.05) is 0 Å². The predicted octanol–water partition coefficient (Wildman–Crippen LogP) is 5.49. The standard InChI is InChI=1S/C14H7Cl2F4N3S/c15-10-4-9(17)2-1-7(10)6-24-13-22-21-12-11(16)3-8(5-23(12)13)14(18,19)20/h1-5H,6H2. The Kier molecular flexibility index (Phi) is 4.63. The van der Waals surface area contributed by atoms with Crippen LogP contribution in [0.4, 0.5) is 17.6 Å². The number of hydrogen-bond donors (Lipinski definition) is 0. The van der Waals surface area contributed by atoms with E-state index in [9.17, 15) is 17.6 Å². The number of pyridine rings is 1. The summed E-state index contributed by atoms with van der Waals surface area (Å²) in [6.07, 6.45) is -3.65. The lowest BCUT2D eigenvalue weighted by molar-refractivity contribution is -0.137. The number of hydrogen-bond acceptors (Lipinski definition) is 3. The molecule has 0 spiro atoms. The van der Waals surface area contributed by atoms with Gasteiger partial charge in [0.15, 0.2) is 10.8 Å². The summed E-state index contributed by atoms with van der Waals surface area (Å²) in [6, 6.07) is 4.72. The van der Waals surface area contributed by atoms with Crippen LogP contribution in [0.25, 0.3) is 5.65 Å². The number of alkyl halides is 3. The lowest BCUT2D eigenvalue weighted by atomic mass is 10.2. The van der Waals surface area contributed by atoms with Crippen LogP contribution in [0.2, 0.25) is 10.0 Å². The fourth-order valence-electron chi connectivity index (χ4n) is 1.97. The molecule has 0 aliphatic rings. The second kappa shape index (κ2) is 6.42. The highest BCUT2D eigenvalue weighted by Crippen LogP contribution is 2.34. The zero-order valence-electron chi connectivity index (χ0n) is 11.6. The minimum atomic E-state index is -4.54. The lowest BCUT2D eigenvalue weighted by Gasteiger charge is -2.09. The van der Waals surface area contributed by atoms with Crippen LogP contribution in [-0.4, -0.2) is 14.6 Å². The minimum Gasteiger partial charge on any atom is -0.276 e. The first-order valence-electron chi connectivity index (χ1n) is 6.44. The zero-order valence-corrected chi connectivity index (χ0v) is 13.9. The van der Waals surface area contributed by atoms with Crippen molar-refractivity contribution in [3.05, 3.63) is 57.5 Å². The van der Waals surface area contributed by atoms with Gasteiger partial charge in [-0.3, -0.25) is 4.40 Å². The van der Waals surface area contributed by atoms with Crippen LogP contribution in [0.1, 0.15) is 11.1 Å². The quantitative estimate of drug-likeness (QED) is 0.434. The third-order valence-corrected chi connectivity index (χ3v) is 4.75. The molecule has 2 aromatic heterocycles. The number of nitrogens with zero attached hydrogens (tertiary/aromatic N) is 3. The van der Waals surface area contributed by atoms with Crippen LogP contribution in [0, 0.1) is 5.82 Å². The summed E-state index contributed by atoms with van der Waals surface area (Å²) in [6.45, 7) is 0. The van der Waals surface area contributed by atoms with Gasteiger partial charge in [-0.05, 0) is 23.8 Å². The van der Waals surface area contributed by atoms with Crippen molar-refractivity contribution in [1.82, 2.24) is 14.6 Å². The summed E-state index contributed by atoms with van der Waals surface area (Å²) in [5.74, 6) is -0.184. The Bertz CT molecular complexity index is 911. The molecule has 3 rings (SSSR count). The Morgan fingerprint density at radius 1 is 1.08 bits per heavy atom. The third-order valence-electron chi connectivity index (χ3n) is 3.13. The molecule has 0 saturated carbocycles. The van der Waals surface area contributed by atoms with Gasteiger partial charge in [-0.1, -0.05) is 41.0 Å². The van der Waals surface area contributed by atoms with E-state index in [1.165, 1.54) is 16.5 Å². The molecule has 2 heterocycles. The van der Waals surface area contributed by atoms with Gasteiger partial charge in [0, 0.05) is 17.0 Å². The van der Waals surface area contributed by atoms with Crippen LogP contribution in [0.5, 0.6) is 0 Å². The van der Waals surface area contributed by atoms with Crippen molar-refractivity contribution in [3.8, 4) is 0 Å². The van der Waals surface area contributed by atoms with E-state index >= 15 is 0 Å². The summed E-state index contributed by atoms with van der Waals surface area (Å²) < 4.78 is 52.9. The second-order valence-electron chi connectivity index (χ2n) is 4.78. The normalized spacial score (nSPS) is 12.1.